The van der Waals surface area contributed by atoms with Crippen molar-refractivity contribution in [3.63, 3.8) is 0 Å². The van der Waals surface area contributed by atoms with Gasteiger partial charge in [-0.15, -0.1) is 0 Å². The third-order valence-corrected chi connectivity index (χ3v) is 7.86. The molecule has 3 N–H and O–H groups in total. The van der Waals surface area contributed by atoms with Crippen LogP contribution in [0, 0.1) is 0 Å². The Morgan fingerprint density at radius 3 is 2.72 bits per heavy atom. The summed E-state index contributed by atoms with van der Waals surface area (Å²) < 4.78 is 0.947. The molecular weight excluding hydrogens is 554 g/mol. The molecule has 0 spiro atoms. The van der Waals surface area contributed by atoms with Crippen molar-refractivity contribution >= 4 is 55.4 Å². The molecule has 2 aromatic carbocycles. The zero-order valence-corrected chi connectivity index (χ0v) is 23.3. The Bertz CT molecular complexity index is 1630. The predicted molar refractivity (Wildman–Crippen MR) is 159 cm³/mol. The topological polar surface area (TPSA) is 92.9 Å². The highest BCUT2D eigenvalue weighted by atomic mass is 79.9. The van der Waals surface area contributed by atoms with Crippen LogP contribution in [0.4, 0.5) is 0 Å². The number of aromatic nitrogens is 4. The molecule has 0 radical (unpaired) electrons. The highest BCUT2D eigenvalue weighted by Crippen LogP contribution is 2.31. The van der Waals surface area contributed by atoms with E-state index in [1.54, 1.807) is 6.20 Å². The number of aromatic amines is 2. The van der Waals surface area contributed by atoms with Gasteiger partial charge in [0.25, 0.3) is 5.91 Å². The van der Waals surface area contributed by atoms with Gasteiger partial charge >= 0.3 is 0 Å². The molecule has 9 heteroatoms. The first-order valence-electron chi connectivity index (χ1n) is 13.1. The molecule has 0 saturated carbocycles. The molecule has 1 aliphatic heterocycles. The summed E-state index contributed by atoms with van der Waals surface area (Å²) in [7, 11) is 2.15. The monoisotopic (exact) mass is 583 g/mol. The molecule has 1 atom stereocenters. The molecule has 1 fully saturated rings. The van der Waals surface area contributed by atoms with Gasteiger partial charge in [0.15, 0.2) is 5.65 Å². The minimum absolute atomic E-state index is 0.154. The number of carbonyl (C=O) groups is 1. The Labute approximate surface area is 235 Å². The fourth-order valence-electron chi connectivity index (χ4n) is 5.15. The number of nitrogens with one attached hydrogen (secondary N) is 3. The minimum Gasteiger partial charge on any atom is -0.361 e. The number of halogens is 1. The first-order chi connectivity index (χ1) is 19.0. The van der Waals surface area contributed by atoms with Crippen molar-refractivity contribution in [1.82, 2.24) is 35.3 Å². The number of hydrogen-bond donors (Lipinski definition) is 3. The number of likely N-dealkylation sites (N-methyl/N-ethyl adjacent to an activating group) is 1. The quantitative estimate of drug-likeness (QED) is 0.238. The average molecular weight is 585 g/mol. The van der Waals surface area contributed by atoms with Gasteiger partial charge in [0, 0.05) is 71.4 Å². The molecule has 5 aromatic rings. The van der Waals surface area contributed by atoms with Crippen LogP contribution >= 0.6 is 15.9 Å². The molecule has 0 aliphatic carbocycles. The number of pyridine rings is 1. The SMILES string of the molecule is CN1CCN(C[C@@H](NC(=O)/C(=C/c2n[nH]c3ncccc23)c2c[nH]c3ccc(Br)cc23)c2ccccc2)CC1. The summed E-state index contributed by atoms with van der Waals surface area (Å²) in [4.78, 5) is 26.7. The molecule has 8 nitrogen and oxygen atoms in total. The van der Waals surface area contributed by atoms with E-state index in [-0.39, 0.29) is 11.9 Å². The standard InChI is InChI=1S/C30H30BrN7O/c1-37-12-14-38(15-13-37)19-28(20-6-3-2-4-7-20)34-30(39)24(17-27-22-8-5-11-32-29(22)36-35-27)25-18-33-26-10-9-21(31)16-23(25)26/h2-11,16-18,28,33H,12-15,19H2,1H3,(H,34,39)(H,32,35,36)/b24-17+/t28-/m1/s1. The minimum atomic E-state index is -0.167. The van der Waals surface area contributed by atoms with Crippen molar-refractivity contribution in [2.75, 3.05) is 39.8 Å². The molecule has 198 valence electrons. The van der Waals surface area contributed by atoms with Gasteiger partial charge in [0.05, 0.1) is 17.3 Å². The van der Waals surface area contributed by atoms with Gasteiger partial charge in [0.2, 0.25) is 0 Å². The number of amides is 1. The fraction of sp³-hybridized carbons (Fsp3) is 0.233. The van der Waals surface area contributed by atoms with Crippen molar-refractivity contribution in [3.8, 4) is 0 Å². The first kappa shape index (κ1) is 25.5. The van der Waals surface area contributed by atoms with Crippen molar-refractivity contribution in [2.24, 2.45) is 0 Å². The van der Waals surface area contributed by atoms with Crippen LogP contribution in [0.5, 0.6) is 0 Å². The Balaban J connectivity index is 1.40. The van der Waals surface area contributed by atoms with E-state index < -0.39 is 0 Å². The smallest absolute Gasteiger partial charge is 0.252 e. The number of benzene rings is 2. The van der Waals surface area contributed by atoms with Gasteiger partial charge in [-0.2, -0.15) is 5.10 Å². The van der Waals surface area contributed by atoms with Crippen LogP contribution in [0.25, 0.3) is 33.6 Å². The second-order valence-electron chi connectivity index (χ2n) is 10.00. The second kappa shape index (κ2) is 11.1. The van der Waals surface area contributed by atoms with E-state index in [1.807, 2.05) is 60.8 Å². The van der Waals surface area contributed by atoms with Crippen molar-refractivity contribution in [2.45, 2.75) is 6.04 Å². The lowest BCUT2D eigenvalue weighted by atomic mass is 10.00. The molecule has 1 saturated heterocycles. The number of nitrogens with zero attached hydrogens (tertiary/aromatic N) is 4. The fourth-order valence-corrected chi connectivity index (χ4v) is 5.51. The van der Waals surface area contributed by atoms with Gasteiger partial charge in [-0.3, -0.25) is 14.8 Å². The molecule has 3 aromatic heterocycles. The molecule has 0 unspecified atom stereocenters. The van der Waals surface area contributed by atoms with Crippen LogP contribution < -0.4 is 5.32 Å². The van der Waals surface area contributed by atoms with E-state index >= 15 is 0 Å². The van der Waals surface area contributed by atoms with Crippen LogP contribution in [0.3, 0.4) is 0 Å². The number of rotatable bonds is 7. The van der Waals surface area contributed by atoms with Gasteiger partial charge in [-0.25, -0.2) is 4.98 Å². The van der Waals surface area contributed by atoms with Crippen molar-refractivity contribution < 1.29 is 4.79 Å². The highest BCUT2D eigenvalue weighted by molar-refractivity contribution is 9.10. The van der Waals surface area contributed by atoms with Crippen LogP contribution in [0.15, 0.2) is 77.5 Å². The maximum atomic E-state index is 14.2. The maximum Gasteiger partial charge on any atom is 0.252 e. The summed E-state index contributed by atoms with van der Waals surface area (Å²) in [6.07, 6.45) is 5.48. The van der Waals surface area contributed by atoms with Crippen LogP contribution in [0.1, 0.15) is 22.9 Å². The number of H-pyrrole nitrogens is 2. The Hall–Kier alpha value is -3.79. The van der Waals surface area contributed by atoms with Crippen LogP contribution in [0.2, 0.25) is 0 Å². The summed E-state index contributed by atoms with van der Waals surface area (Å²) in [5.41, 5.74) is 4.74. The Morgan fingerprint density at radius 2 is 1.90 bits per heavy atom. The van der Waals surface area contributed by atoms with Gasteiger partial charge in [-0.05, 0) is 49.0 Å². The van der Waals surface area contributed by atoms with Gasteiger partial charge < -0.3 is 15.2 Å². The second-order valence-corrected chi connectivity index (χ2v) is 10.9. The predicted octanol–water partition coefficient (Wildman–Crippen LogP) is 4.85. The van der Waals surface area contributed by atoms with Crippen molar-refractivity contribution in [3.05, 3.63) is 94.4 Å². The highest BCUT2D eigenvalue weighted by Gasteiger charge is 2.25. The number of carbonyl (C=O) groups excluding carboxylic acids is 1. The lowest BCUT2D eigenvalue weighted by molar-refractivity contribution is -0.116. The van der Waals surface area contributed by atoms with Gasteiger partial charge in [-0.1, -0.05) is 46.3 Å². The summed E-state index contributed by atoms with van der Waals surface area (Å²) in [5, 5.41) is 12.7. The van der Waals surface area contributed by atoms with E-state index in [9.17, 15) is 4.79 Å². The first-order valence-corrected chi connectivity index (χ1v) is 13.9. The summed E-state index contributed by atoms with van der Waals surface area (Å²) >= 11 is 3.59. The van der Waals surface area contributed by atoms with E-state index in [4.69, 9.17) is 0 Å². The Morgan fingerprint density at radius 1 is 1.08 bits per heavy atom. The molecule has 1 amide bonds. The van der Waals surface area contributed by atoms with Crippen molar-refractivity contribution in [1.29, 1.82) is 0 Å². The summed E-state index contributed by atoms with van der Waals surface area (Å²) in [6.45, 7) is 4.73. The molecule has 4 heterocycles. The van der Waals surface area contributed by atoms with Crippen LogP contribution in [-0.4, -0.2) is 75.6 Å². The number of piperazine rings is 1. The average Bonchev–Trinajstić information content (AvgIpc) is 3.56. The third kappa shape index (κ3) is 5.52. The lowest BCUT2D eigenvalue weighted by Crippen LogP contribution is -2.47. The van der Waals surface area contributed by atoms with E-state index in [0.29, 0.717) is 16.9 Å². The van der Waals surface area contributed by atoms with Gasteiger partial charge in [0.1, 0.15) is 0 Å². The molecular formula is C30H30BrN7O. The largest absolute Gasteiger partial charge is 0.361 e. The normalized spacial score (nSPS) is 16.1. The van der Waals surface area contributed by atoms with E-state index in [0.717, 1.165) is 64.6 Å². The number of fused-ring (bicyclic) bond motifs is 2. The maximum absolute atomic E-state index is 14.2. The third-order valence-electron chi connectivity index (χ3n) is 7.37. The molecule has 39 heavy (non-hydrogen) atoms. The van der Waals surface area contributed by atoms with E-state index in [2.05, 4.69) is 70.4 Å². The van der Waals surface area contributed by atoms with E-state index in [1.165, 1.54) is 0 Å². The zero-order valence-electron chi connectivity index (χ0n) is 21.7. The lowest BCUT2D eigenvalue weighted by Gasteiger charge is -2.35. The number of hydrogen-bond acceptors (Lipinski definition) is 5. The molecule has 1 aliphatic rings. The summed E-state index contributed by atoms with van der Waals surface area (Å²) in [6, 6.07) is 19.9. The molecule has 6 rings (SSSR count). The summed E-state index contributed by atoms with van der Waals surface area (Å²) in [5.74, 6) is -0.154. The van der Waals surface area contributed by atoms with Crippen LogP contribution in [-0.2, 0) is 4.79 Å². The molecule has 0 bridgehead atoms. The Kier molecular flexibility index (Phi) is 7.28. The zero-order chi connectivity index (χ0) is 26.8.